The number of aromatic hydroxyl groups is 1. The van der Waals surface area contributed by atoms with Crippen molar-refractivity contribution < 1.29 is 9.50 Å². The Hall–Kier alpha value is -1.09. The zero-order chi connectivity index (χ0) is 13.2. The van der Waals surface area contributed by atoms with Crippen LogP contribution in [0.3, 0.4) is 0 Å². The van der Waals surface area contributed by atoms with Crippen LogP contribution in [0.25, 0.3) is 0 Å². The predicted molar refractivity (Wildman–Crippen MR) is 71.1 cm³/mol. The number of benzene rings is 1. The molecule has 0 heterocycles. The lowest BCUT2D eigenvalue weighted by molar-refractivity contribution is 0.120. The number of phenolic OH excluding ortho intramolecular Hbond substituents is 1. The molecule has 1 aliphatic carbocycles. The molecule has 3 heteroatoms. The smallest absolute Gasteiger partial charge is 0.131 e. The molecule has 0 amide bonds. The quantitative estimate of drug-likeness (QED) is 0.835. The summed E-state index contributed by atoms with van der Waals surface area (Å²) in [4.78, 5) is 0. The molecule has 1 atom stereocenters. The van der Waals surface area contributed by atoms with Crippen LogP contribution in [0.4, 0.5) is 4.39 Å². The van der Waals surface area contributed by atoms with E-state index in [1.165, 1.54) is 37.8 Å². The first kappa shape index (κ1) is 13.3. The Morgan fingerprint density at radius 2 is 2.17 bits per heavy atom. The van der Waals surface area contributed by atoms with Crippen molar-refractivity contribution in [1.29, 1.82) is 0 Å². The summed E-state index contributed by atoms with van der Waals surface area (Å²) in [5.74, 6) is -0.360. The summed E-state index contributed by atoms with van der Waals surface area (Å²) in [6, 6.07) is 4.35. The van der Waals surface area contributed by atoms with Crippen molar-refractivity contribution in [2.75, 3.05) is 6.54 Å². The molecule has 0 bridgehead atoms. The molecule has 1 saturated carbocycles. The first-order valence-electron chi connectivity index (χ1n) is 6.78. The molecule has 2 nitrogen and oxygen atoms in total. The van der Waals surface area contributed by atoms with E-state index in [1.54, 1.807) is 6.07 Å². The van der Waals surface area contributed by atoms with E-state index in [-0.39, 0.29) is 17.6 Å². The average Bonchev–Trinajstić information content (AvgIpc) is 2.27. The van der Waals surface area contributed by atoms with Crippen LogP contribution < -0.4 is 5.32 Å². The molecule has 0 saturated heterocycles. The molecule has 2 rings (SSSR count). The van der Waals surface area contributed by atoms with Crippen LogP contribution in [0.15, 0.2) is 18.2 Å². The first-order chi connectivity index (χ1) is 8.56. The van der Waals surface area contributed by atoms with Gasteiger partial charge in [0.05, 0.1) is 0 Å². The minimum atomic E-state index is -0.339. The van der Waals surface area contributed by atoms with Crippen molar-refractivity contribution in [3.63, 3.8) is 0 Å². The van der Waals surface area contributed by atoms with Crippen LogP contribution in [0, 0.1) is 11.2 Å². The summed E-state index contributed by atoms with van der Waals surface area (Å²) in [7, 11) is 0. The fourth-order valence-electron chi connectivity index (χ4n) is 2.68. The highest BCUT2D eigenvalue weighted by Gasteiger charge is 2.34. The van der Waals surface area contributed by atoms with E-state index in [4.69, 9.17) is 0 Å². The van der Waals surface area contributed by atoms with Gasteiger partial charge in [0, 0.05) is 24.2 Å². The topological polar surface area (TPSA) is 32.3 Å². The van der Waals surface area contributed by atoms with Gasteiger partial charge in [-0.1, -0.05) is 19.4 Å². The highest BCUT2D eigenvalue weighted by Crippen LogP contribution is 2.43. The Balaban J connectivity index is 1.97. The van der Waals surface area contributed by atoms with Gasteiger partial charge in [-0.15, -0.1) is 0 Å². The maximum Gasteiger partial charge on any atom is 0.131 e. The second kappa shape index (κ2) is 5.27. The highest BCUT2D eigenvalue weighted by atomic mass is 19.1. The molecule has 0 aliphatic heterocycles. The molecule has 0 radical (unpaired) electrons. The van der Waals surface area contributed by atoms with Gasteiger partial charge in [0.15, 0.2) is 0 Å². The Kier molecular flexibility index (Phi) is 3.91. The summed E-state index contributed by atoms with van der Waals surface area (Å²) in [6.45, 7) is 5.15. The van der Waals surface area contributed by atoms with Crippen molar-refractivity contribution in [2.45, 2.75) is 45.6 Å². The van der Waals surface area contributed by atoms with Gasteiger partial charge in [-0.25, -0.2) is 4.39 Å². The van der Waals surface area contributed by atoms with Crippen LogP contribution in [0.1, 0.15) is 51.1 Å². The third-order valence-electron chi connectivity index (χ3n) is 4.40. The summed E-state index contributed by atoms with van der Waals surface area (Å²) in [6.07, 6.45) is 5.06. The SMILES string of the molecule is CCC1(CNC(C)c2ccc(O)cc2F)CCC1. The van der Waals surface area contributed by atoms with E-state index < -0.39 is 0 Å². The van der Waals surface area contributed by atoms with Gasteiger partial charge >= 0.3 is 0 Å². The van der Waals surface area contributed by atoms with E-state index in [2.05, 4.69) is 12.2 Å². The van der Waals surface area contributed by atoms with Crippen LogP contribution in [0.2, 0.25) is 0 Å². The molecule has 0 spiro atoms. The average molecular weight is 251 g/mol. The lowest BCUT2D eigenvalue weighted by Crippen LogP contribution is -2.40. The standard InChI is InChI=1S/C15H22FNO/c1-3-15(7-4-8-15)10-17-11(2)13-6-5-12(18)9-14(13)16/h5-6,9,11,17-18H,3-4,7-8,10H2,1-2H3. The van der Waals surface area contributed by atoms with E-state index in [0.29, 0.717) is 11.0 Å². The number of rotatable bonds is 5. The Morgan fingerprint density at radius 1 is 1.44 bits per heavy atom. The number of nitrogens with one attached hydrogen (secondary N) is 1. The number of hydrogen-bond acceptors (Lipinski definition) is 2. The predicted octanol–water partition coefficient (Wildman–Crippen LogP) is 3.76. The van der Waals surface area contributed by atoms with Gasteiger partial charge in [-0.3, -0.25) is 0 Å². The molecule has 1 unspecified atom stereocenters. The summed E-state index contributed by atoms with van der Waals surface area (Å²) in [5, 5.41) is 12.6. The minimum absolute atomic E-state index is 0.0189. The van der Waals surface area contributed by atoms with Crippen molar-refractivity contribution in [2.24, 2.45) is 5.41 Å². The van der Waals surface area contributed by atoms with Crippen LogP contribution in [-0.4, -0.2) is 11.7 Å². The maximum atomic E-state index is 13.7. The third kappa shape index (κ3) is 2.66. The maximum absolute atomic E-state index is 13.7. The molecule has 18 heavy (non-hydrogen) atoms. The van der Waals surface area contributed by atoms with Crippen LogP contribution >= 0.6 is 0 Å². The van der Waals surface area contributed by atoms with Crippen LogP contribution in [-0.2, 0) is 0 Å². The lowest BCUT2D eigenvalue weighted by Gasteiger charge is -2.42. The zero-order valence-electron chi connectivity index (χ0n) is 11.2. The van der Waals surface area contributed by atoms with Gasteiger partial charge in [0.2, 0.25) is 0 Å². The number of phenols is 1. The van der Waals surface area contributed by atoms with Gasteiger partial charge < -0.3 is 10.4 Å². The summed E-state index contributed by atoms with van der Waals surface area (Å²) in [5.41, 5.74) is 1.06. The zero-order valence-corrected chi connectivity index (χ0v) is 11.2. The van der Waals surface area contributed by atoms with Gasteiger partial charge in [0.1, 0.15) is 11.6 Å². The van der Waals surface area contributed by atoms with Crippen molar-refractivity contribution in [3.8, 4) is 5.75 Å². The van der Waals surface area contributed by atoms with Crippen molar-refractivity contribution in [1.82, 2.24) is 5.32 Å². The Bertz CT molecular complexity index is 409. The van der Waals surface area contributed by atoms with E-state index in [9.17, 15) is 9.50 Å². The minimum Gasteiger partial charge on any atom is -0.508 e. The molecule has 1 fully saturated rings. The van der Waals surface area contributed by atoms with Gasteiger partial charge in [0.25, 0.3) is 0 Å². The summed E-state index contributed by atoms with van der Waals surface area (Å²) < 4.78 is 13.7. The Morgan fingerprint density at radius 3 is 2.67 bits per heavy atom. The van der Waals surface area contributed by atoms with E-state index in [1.807, 2.05) is 6.92 Å². The molecular weight excluding hydrogens is 229 g/mol. The summed E-state index contributed by atoms with van der Waals surface area (Å²) >= 11 is 0. The molecular formula is C15H22FNO. The number of hydrogen-bond donors (Lipinski definition) is 2. The normalized spacial score (nSPS) is 19.3. The lowest BCUT2D eigenvalue weighted by atomic mass is 9.67. The molecule has 1 aromatic carbocycles. The van der Waals surface area contributed by atoms with E-state index in [0.717, 1.165) is 6.54 Å². The fraction of sp³-hybridized carbons (Fsp3) is 0.600. The Labute approximate surface area is 108 Å². The van der Waals surface area contributed by atoms with Gasteiger partial charge in [-0.2, -0.15) is 0 Å². The fourth-order valence-corrected chi connectivity index (χ4v) is 2.68. The first-order valence-corrected chi connectivity index (χ1v) is 6.78. The molecule has 0 aromatic heterocycles. The second-order valence-corrected chi connectivity index (χ2v) is 5.52. The third-order valence-corrected chi connectivity index (χ3v) is 4.40. The van der Waals surface area contributed by atoms with Crippen molar-refractivity contribution in [3.05, 3.63) is 29.6 Å². The largest absolute Gasteiger partial charge is 0.508 e. The van der Waals surface area contributed by atoms with Crippen molar-refractivity contribution >= 4 is 0 Å². The number of halogens is 1. The molecule has 1 aromatic rings. The van der Waals surface area contributed by atoms with Gasteiger partial charge in [-0.05, 0) is 37.7 Å². The molecule has 100 valence electrons. The highest BCUT2D eigenvalue weighted by molar-refractivity contribution is 5.29. The monoisotopic (exact) mass is 251 g/mol. The molecule has 1 aliphatic rings. The van der Waals surface area contributed by atoms with Crippen LogP contribution in [0.5, 0.6) is 5.75 Å². The van der Waals surface area contributed by atoms with E-state index >= 15 is 0 Å². The second-order valence-electron chi connectivity index (χ2n) is 5.52. The molecule has 2 N–H and O–H groups in total.